The monoisotopic (exact) mass is 339 g/mol. The van der Waals surface area contributed by atoms with E-state index in [2.05, 4.69) is 9.17 Å². The third-order valence-electron chi connectivity index (χ3n) is 2.88. The Morgan fingerprint density at radius 3 is 2.36 bits per heavy atom. The molecule has 0 saturated carbocycles. The average molecular weight is 339 g/mol. The first kappa shape index (κ1) is 18.4. The van der Waals surface area contributed by atoms with Crippen LogP contribution in [0.3, 0.4) is 0 Å². The lowest BCUT2D eigenvalue weighted by molar-refractivity contribution is -0.0500. The molecule has 1 aliphatic carbocycles. The summed E-state index contributed by atoms with van der Waals surface area (Å²) < 4.78 is 63.3. The normalized spacial score (nSPS) is 14.4. The number of nitrogens with zero attached hydrogens (tertiary/aromatic N) is 1. The molecule has 1 heterocycles. The second-order valence-corrected chi connectivity index (χ2v) is 5.82. The SMILES string of the molecule is CC.O=Cc1cc(OS(=O)(=O)C(F)(F)F)c2c(n1)CCCC2. The van der Waals surface area contributed by atoms with Gasteiger partial charge in [0.15, 0.2) is 6.29 Å². The number of pyridine rings is 1. The van der Waals surface area contributed by atoms with Gasteiger partial charge in [-0.1, -0.05) is 13.8 Å². The van der Waals surface area contributed by atoms with Gasteiger partial charge in [-0.05, 0) is 25.7 Å². The van der Waals surface area contributed by atoms with Crippen LogP contribution in [0.25, 0.3) is 0 Å². The van der Waals surface area contributed by atoms with Gasteiger partial charge in [0.25, 0.3) is 0 Å². The summed E-state index contributed by atoms with van der Waals surface area (Å²) in [5, 5.41) is 0. The number of hydrogen-bond donors (Lipinski definition) is 0. The highest BCUT2D eigenvalue weighted by molar-refractivity contribution is 7.88. The van der Waals surface area contributed by atoms with Gasteiger partial charge in [0.1, 0.15) is 11.4 Å². The Hall–Kier alpha value is -1.64. The van der Waals surface area contributed by atoms with Crippen molar-refractivity contribution < 1.29 is 30.6 Å². The molecule has 0 fully saturated rings. The van der Waals surface area contributed by atoms with Crippen molar-refractivity contribution in [1.82, 2.24) is 4.98 Å². The lowest BCUT2D eigenvalue weighted by atomic mass is 9.95. The van der Waals surface area contributed by atoms with Crippen LogP contribution in [0.2, 0.25) is 0 Å². The molecule has 0 bridgehead atoms. The number of aryl methyl sites for hydroxylation is 1. The summed E-state index contributed by atoms with van der Waals surface area (Å²) in [7, 11) is -5.75. The Labute approximate surface area is 126 Å². The highest BCUT2D eigenvalue weighted by Gasteiger charge is 2.49. The topological polar surface area (TPSA) is 73.3 Å². The fourth-order valence-electron chi connectivity index (χ4n) is 1.99. The Morgan fingerprint density at radius 1 is 1.23 bits per heavy atom. The third kappa shape index (κ3) is 3.96. The zero-order chi connectivity index (χ0) is 17.0. The van der Waals surface area contributed by atoms with Crippen LogP contribution in [0.1, 0.15) is 48.4 Å². The average Bonchev–Trinajstić information content (AvgIpc) is 2.47. The van der Waals surface area contributed by atoms with Gasteiger partial charge >= 0.3 is 15.6 Å². The standard InChI is InChI=1S/C11H10F3NO4S.C2H6/c12-11(13,14)20(17,18)19-10-5-7(6-16)15-9-4-2-1-3-8(9)10;1-2/h5-6H,1-4H2;1-2H3. The van der Waals surface area contributed by atoms with Crippen molar-refractivity contribution in [3.05, 3.63) is 23.0 Å². The number of fused-ring (bicyclic) bond motifs is 1. The number of alkyl halides is 3. The Bertz CT molecular complexity index is 641. The van der Waals surface area contributed by atoms with Crippen molar-refractivity contribution in [2.45, 2.75) is 45.0 Å². The number of carbonyl (C=O) groups excluding carboxylic acids is 1. The summed E-state index contributed by atoms with van der Waals surface area (Å²) >= 11 is 0. The first-order chi connectivity index (χ1) is 10.2. The summed E-state index contributed by atoms with van der Waals surface area (Å²) in [4.78, 5) is 14.7. The van der Waals surface area contributed by atoms with Gasteiger partial charge in [0, 0.05) is 17.3 Å². The molecular weight excluding hydrogens is 323 g/mol. The molecule has 9 heteroatoms. The van der Waals surface area contributed by atoms with Crippen LogP contribution in [0.5, 0.6) is 5.75 Å². The van der Waals surface area contributed by atoms with Gasteiger partial charge in [-0.3, -0.25) is 4.79 Å². The summed E-state index contributed by atoms with van der Waals surface area (Å²) in [6.45, 7) is 4.00. The van der Waals surface area contributed by atoms with Crippen LogP contribution < -0.4 is 4.18 Å². The van der Waals surface area contributed by atoms with Crippen LogP contribution in [0.15, 0.2) is 6.07 Å². The van der Waals surface area contributed by atoms with E-state index in [0.717, 1.165) is 12.5 Å². The molecule has 22 heavy (non-hydrogen) atoms. The molecule has 124 valence electrons. The van der Waals surface area contributed by atoms with E-state index in [1.54, 1.807) is 0 Å². The molecule has 0 unspecified atom stereocenters. The zero-order valence-electron chi connectivity index (χ0n) is 12.1. The Kier molecular flexibility index (Phi) is 5.92. The fraction of sp³-hybridized carbons (Fsp3) is 0.538. The van der Waals surface area contributed by atoms with Crippen LogP contribution in [0, 0.1) is 0 Å². The summed E-state index contributed by atoms with van der Waals surface area (Å²) in [6, 6.07) is 0.917. The van der Waals surface area contributed by atoms with Crippen LogP contribution in [-0.4, -0.2) is 25.2 Å². The predicted molar refractivity (Wildman–Crippen MR) is 73.2 cm³/mol. The number of halogens is 3. The number of hydrogen-bond acceptors (Lipinski definition) is 5. The van der Waals surface area contributed by atoms with E-state index in [0.29, 0.717) is 36.8 Å². The van der Waals surface area contributed by atoms with Crippen molar-refractivity contribution in [2.75, 3.05) is 0 Å². The minimum atomic E-state index is -5.75. The van der Waals surface area contributed by atoms with Crippen molar-refractivity contribution in [1.29, 1.82) is 0 Å². The zero-order valence-corrected chi connectivity index (χ0v) is 12.9. The van der Waals surface area contributed by atoms with E-state index < -0.39 is 21.4 Å². The molecule has 1 aromatic heterocycles. The highest BCUT2D eigenvalue weighted by atomic mass is 32.2. The second-order valence-electron chi connectivity index (χ2n) is 4.28. The summed E-state index contributed by atoms with van der Waals surface area (Å²) in [6.07, 6.45) is 2.64. The maximum Gasteiger partial charge on any atom is 0.534 e. The molecule has 0 saturated heterocycles. The first-order valence-corrected chi connectivity index (χ1v) is 8.14. The van der Waals surface area contributed by atoms with Crippen LogP contribution in [-0.2, 0) is 23.0 Å². The summed E-state index contributed by atoms with van der Waals surface area (Å²) in [5.74, 6) is -0.464. The molecule has 0 N–H and O–H groups in total. The first-order valence-electron chi connectivity index (χ1n) is 6.73. The number of carbonyl (C=O) groups is 1. The van der Waals surface area contributed by atoms with Crippen LogP contribution >= 0.6 is 0 Å². The Balaban J connectivity index is 0.00000116. The largest absolute Gasteiger partial charge is 0.534 e. The third-order valence-corrected chi connectivity index (χ3v) is 3.85. The number of rotatable bonds is 3. The van der Waals surface area contributed by atoms with E-state index in [4.69, 9.17) is 0 Å². The van der Waals surface area contributed by atoms with Gasteiger partial charge in [-0.15, -0.1) is 0 Å². The molecule has 0 aliphatic heterocycles. The smallest absolute Gasteiger partial charge is 0.376 e. The van der Waals surface area contributed by atoms with Gasteiger partial charge in [-0.2, -0.15) is 21.6 Å². The highest BCUT2D eigenvalue weighted by Crippen LogP contribution is 2.33. The van der Waals surface area contributed by atoms with Gasteiger partial charge in [0.05, 0.1) is 0 Å². The molecular formula is C13H16F3NO4S. The Morgan fingerprint density at radius 2 is 1.82 bits per heavy atom. The molecule has 0 spiro atoms. The van der Waals surface area contributed by atoms with E-state index in [9.17, 15) is 26.4 Å². The van der Waals surface area contributed by atoms with Crippen molar-refractivity contribution in [3.8, 4) is 5.75 Å². The molecule has 5 nitrogen and oxygen atoms in total. The molecule has 1 aliphatic rings. The quantitative estimate of drug-likeness (QED) is 0.481. The predicted octanol–water partition coefficient (Wildman–Crippen LogP) is 3.03. The maximum absolute atomic E-state index is 12.3. The van der Waals surface area contributed by atoms with Gasteiger partial charge in [0.2, 0.25) is 0 Å². The van der Waals surface area contributed by atoms with Crippen molar-refractivity contribution in [2.24, 2.45) is 0 Å². The van der Waals surface area contributed by atoms with Gasteiger partial charge < -0.3 is 4.18 Å². The van der Waals surface area contributed by atoms with Crippen molar-refractivity contribution in [3.63, 3.8) is 0 Å². The molecule has 0 atom stereocenters. The molecule has 1 aromatic rings. The maximum atomic E-state index is 12.3. The minimum absolute atomic E-state index is 0.155. The molecule has 0 amide bonds. The van der Waals surface area contributed by atoms with Crippen molar-refractivity contribution >= 4 is 16.4 Å². The number of aromatic nitrogens is 1. The minimum Gasteiger partial charge on any atom is -0.376 e. The van der Waals surface area contributed by atoms with E-state index in [1.807, 2.05) is 13.8 Å². The summed E-state index contributed by atoms with van der Waals surface area (Å²) in [5.41, 5.74) is -4.94. The van der Waals surface area contributed by atoms with Gasteiger partial charge in [-0.25, -0.2) is 4.98 Å². The lowest BCUT2D eigenvalue weighted by Gasteiger charge is -2.19. The second kappa shape index (κ2) is 7.08. The molecule has 2 rings (SSSR count). The van der Waals surface area contributed by atoms with E-state index >= 15 is 0 Å². The number of aldehydes is 1. The molecule has 0 aromatic carbocycles. The lowest BCUT2D eigenvalue weighted by Crippen LogP contribution is -2.28. The van der Waals surface area contributed by atoms with Crippen LogP contribution in [0.4, 0.5) is 13.2 Å². The fourth-order valence-corrected chi connectivity index (χ4v) is 2.47. The van der Waals surface area contributed by atoms with E-state index in [1.165, 1.54) is 0 Å². The molecule has 0 radical (unpaired) electrons. The van der Waals surface area contributed by atoms with E-state index in [-0.39, 0.29) is 5.69 Å².